The fraction of sp³-hybridized carbons (Fsp3) is 0.556. The summed E-state index contributed by atoms with van der Waals surface area (Å²) in [6.45, 7) is 1.89. The molecule has 2 amide bonds. The van der Waals surface area contributed by atoms with Crippen molar-refractivity contribution in [3.8, 4) is 0 Å². The van der Waals surface area contributed by atoms with Crippen molar-refractivity contribution >= 4 is 17.5 Å². The molecule has 1 saturated heterocycles. The highest BCUT2D eigenvalue weighted by Crippen LogP contribution is 2.32. The van der Waals surface area contributed by atoms with E-state index < -0.39 is 0 Å². The van der Waals surface area contributed by atoms with Crippen LogP contribution in [0, 0.1) is 11.8 Å². The van der Waals surface area contributed by atoms with Gasteiger partial charge in [0.15, 0.2) is 5.65 Å². The first-order valence-corrected chi connectivity index (χ1v) is 9.07. The highest BCUT2D eigenvalue weighted by atomic mass is 16.2. The van der Waals surface area contributed by atoms with Gasteiger partial charge in [-0.2, -0.15) is 0 Å². The zero-order valence-electron chi connectivity index (χ0n) is 14.2. The van der Waals surface area contributed by atoms with E-state index in [-0.39, 0.29) is 23.7 Å². The molecule has 4 rings (SSSR count). The van der Waals surface area contributed by atoms with Crippen LogP contribution in [0.1, 0.15) is 31.5 Å². The third kappa shape index (κ3) is 3.50. The van der Waals surface area contributed by atoms with Crippen LogP contribution in [0.15, 0.2) is 24.4 Å². The van der Waals surface area contributed by atoms with Gasteiger partial charge in [0, 0.05) is 38.2 Å². The molecule has 1 N–H and O–H groups in total. The average molecular weight is 341 g/mol. The molecule has 2 aromatic rings. The van der Waals surface area contributed by atoms with Gasteiger partial charge in [-0.05, 0) is 37.8 Å². The minimum atomic E-state index is -0.0911. The summed E-state index contributed by atoms with van der Waals surface area (Å²) in [5.74, 6) is 1.26. The van der Waals surface area contributed by atoms with E-state index in [1.807, 2.05) is 33.7 Å². The van der Waals surface area contributed by atoms with Crippen LogP contribution in [0.4, 0.5) is 0 Å². The Balaban J connectivity index is 1.29. The molecule has 2 aliphatic rings. The standard InChI is InChI=1S/C18H23N5O2/c24-17(14-4-3-10-22(12-14)18(25)13-6-7-13)19-9-8-16-21-20-15-5-1-2-11-23(15)16/h1-2,5,11,13-14H,3-4,6-10,12H2,(H,19,24)/t14-/m1/s1. The Hall–Kier alpha value is -2.44. The van der Waals surface area contributed by atoms with Crippen LogP contribution in [0.25, 0.3) is 5.65 Å². The van der Waals surface area contributed by atoms with E-state index >= 15 is 0 Å². The maximum Gasteiger partial charge on any atom is 0.225 e. The van der Waals surface area contributed by atoms with Crippen LogP contribution in [0.2, 0.25) is 0 Å². The van der Waals surface area contributed by atoms with Crippen molar-refractivity contribution in [2.75, 3.05) is 19.6 Å². The number of carbonyl (C=O) groups is 2. The number of aromatic nitrogens is 3. The first-order chi connectivity index (χ1) is 12.2. The van der Waals surface area contributed by atoms with Crippen LogP contribution >= 0.6 is 0 Å². The molecule has 1 aliphatic heterocycles. The van der Waals surface area contributed by atoms with Gasteiger partial charge < -0.3 is 10.2 Å². The largest absolute Gasteiger partial charge is 0.355 e. The van der Waals surface area contributed by atoms with Gasteiger partial charge in [0.2, 0.25) is 11.8 Å². The van der Waals surface area contributed by atoms with E-state index in [9.17, 15) is 9.59 Å². The minimum absolute atomic E-state index is 0.0436. The monoisotopic (exact) mass is 341 g/mol. The fourth-order valence-electron chi connectivity index (χ4n) is 3.48. The lowest BCUT2D eigenvalue weighted by molar-refractivity contribution is -0.136. The van der Waals surface area contributed by atoms with E-state index in [1.165, 1.54) is 0 Å². The lowest BCUT2D eigenvalue weighted by Crippen LogP contribution is -2.46. The van der Waals surface area contributed by atoms with Gasteiger partial charge in [0.1, 0.15) is 5.82 Å². The minimum Gasteiger partial charge on any atom is -0.355 e. The fourth-order valence-corrected chi connectivity index (χ4v) is 3.48. The molecule has 25 heavy (non-hydrogen) atoms. The van der Waals surface area contributed by atoms with Crippen molar-refractivity contribution in [2.45, 2.75) is 32.1 Å². The molecule has 1 saturated carbocycles. The highest BCUT2D eigenvalue weighted by Gasteiger charge is 2.36. The maximum absolute atomic E-state index is 12.5. The first-order valence-electron chi connectivity index (χ1n) is 9.07. The number of carbonyl (C=O) groups excluding carboxylic acids is 2. The molecular weight excluding hydrogens is 318 g/mol. The summed E-state index contributed by atoms with van der Waals surface area (Å²) >= 11 is 0. The first kappa shape index (κ1) is 16.1. The third-order valence-corrected chi connectivity index (χ3v) is 5.06. The molecular formula is C18H23N5O2. The number of piperidine rings is 1. The normalized spacial score (nSPS) is 20.6. The topological polar surface area (TPSA) is 79.6 Å². The van der Waals surface area contributed by atoms with E-state index in [1.54, 1.807) is 0 Å². The van der Waals surface area contributed by atoms with Gasteiger partial charge in [0.05, 0.1) is 5.92 Å². The Bertz CT molecular complexity index is 783. The van der Waals surface area contributed by atoms with E-state index in [2.05, 4.69) is 15.5 Å². The number of likely N-dealkylation sites (tertiary alicyclic amines) is 1. The zero-order valence-corrected chi connectivity index (χ0v) is 14.2. The molecule has 0 spiro atoms. The van der Waals surface area contributed by atoms with Gasteiger partial charge in [-0.1, -0.05) is 6.07 Å². The van der Waals surface area contributed by atoms with E-state index in [0.717, 1.165) is 43.7 Å². The Morgan fingerprint density at radius 3 is 2.88 bits per heavy atom. The Morgan fingerprint density at radius 2 is 2.04 bits per heavy atom. The Kier molecular flexibility index (Phi) is 4.38. The molecule has 0 unspecified atom stereocenters. The second-order valence-corrected chi connectivity index (χ2v) is 6.98. The summed E-state index contributed by atoms with van der Waals surface area (Å²) in [7, 11) is 0. The molecule has 7 heteroatoms. The SMILES string of the molecule is O=C(NCCc1nnc2ccccn12)[C@@H]1CCCN(C(=O)C2CC2)C1. The van der Waals surface area contributed by atoms with Gasteiger partial charge in [-0.15, -0.1) is 10.2 Å². The lowest BCUT2D eigenvalue weighted by Gasteiger charge is -2.32. The number of fused-ring (bicyclic) bond motifs is 1. The van der Waals surface area contributed by atoms with Crippen LogP contribution in [0.5, 0.6) is 0 Å². The predicted octanol–water partition coefficient (Wildman–Crippen LogP) is 1.04. The van der Waals surface area contributed by atoms with Crippen molar-refractivity contribution in [1.82, 2.24) is 24.8 Å². The molecule has 0 bridgehead atoms. The van der Waals surface area contributed by atoms with Crippen LogP contribution in [-0.4, -0.2) is 50.9 Å². The molecule has 3 heterocycles. The molecule has 0 aromatic carbocycles. The van der Waals surface area contributed by atoms with Crippen molar-refractivity contribution in [3.63, 3.8) is 0 Å². The Labute approximate surface area is 146 Å². The van der Waals surface area contributed by atoms with Gasteiger partial charge in [0.25, 0.3) is 0 Å². The summed E-state index contributed by atoms with van der Waals surface area (Å²) in [5, 5.41) is 11.3. The molecule has 0 radical (unpaired) electrons. The summed E-state index contributed by atoms with van der Waals surface area (Å²) in [6.07, 6.45) is 6.35. The summed E-state index contributed by atoms with van der Waals surface area (Å²) in [6, 6.07) is 5.77. The number of amides is 2. The number of nitrogens with one attached hydrogen (secondary N) is 1. The lowest BCUT2D eigenvalue weighted by atomic mass is 9.96. The molecule has 2 fully saturated rings. The highest BCUT2D eigenvalue weighted by molar-refractivity contribution is 5.83. The number of hydrogen-bond donors (Lipinski definition) is 1. The average Bonchev–Trinajstić information content (AvgIpc) is 3.42. The number of pyridine rings is 1. The van der Waals surface area contributed by atoms with Crippen molar-refractivity contribution in [3.05, 3.63) is 30.2 Å². The molecule has 1 atom stereocenters. The molecule has 132 valence electrons. The van der Waals surface area contributed by atoms with Crippen molar-refractivity contribution < 1.29 is 9.59 Å². The van der Waals surface area contributed by atoms with Crippen molar-refractivity contribution in [2.24, 2.45) is 11.8 Å². The van der Waals surface area contributed by atoms with E-state index in [0.29, 0.717) is 19.5 Å². The molecule has 2 aromatic heterocycles. The molecule has 1 aliphatic carbocycles. The second-order valence-electron chi connectivity index (χ2n) is 6.98. The smallest absolute Gasteiger partial charge is 0.225 e. The summed E-state index contributed by atoms with van der Waals surface area (Å²) in [4.78, 5) is 26.5. The summed E-state index contributed by atoms with van der Waals surface area (Å²) in [5.41, 5.74) is 0.810. The number of rotatable bonds is 5. The quantitative estimate of drug-likeness (QED) is 0.881. The second kappa shape index (κ2) is 6.82. The van der Waals surface area contributed by atoms with Gasteiger partial charge >= 0.3 is 0 Å². The van der Waals surface area contributed by atoms with Gasteiger partial charge in [-0.25, -0.2) is 0 Å². The summed E-state index contributed by atoms with van der Waals surface area (Å²) < 4.78 is 1.93. The van der Waals surface area contributed by atoms with Crippen LogP contribution in [0.3, 0.4) is 0 Å². The Morgan fingerprint density at radius 1 is 1.16 bits per heavy atom. The third-order valence-electron chi connectivity index (χ3n) is 5.06. The van der Waals surface area contributed by atoms with E-state index in [4.69, 9.17) is 0 Å². The number of nitrogens with zero attached hydrogens (tertiary/aromatic N) is 4. The van der Waals surface area contributed by atoms with Gasteiger partial charge in [-0.3, -0.25) is 14.0 Å². The van der Waals surface area contributed by atoms with Crippen molar-refractivity contribution in [1.29, 1.82) is 0 Å². The number of hydrogen-bond acceptors (Lipinski definition) is 4. The van der Waals surface area contributed by atoms with Crippen LogP contribution in [-0.2, 0) is 16.0 Å². The molecule has 7 nitrogen and oxygen atoms in total. The zero-order chi connectivity index (χ0) is 17.2. The predicted molar refractivity (Wildman–Crippen MR) is 91.7 cm³/mol. The van der Waals surface area contributed by atoms with Crippen LogP contribution < -0.4 is 5.32 Å². The maximum atomic E-state index is 12.5.